The molecule has 6 aliphatic rings. The van der Waals surface area contributed by atoms with E-state index in [1.807, 2.05) is 38.2 Å². The van der Waals surface area contributed by atoms with Crippen LogP contribution in [-0.2, 0) is 19.1 Å². The van der Waals surface area contributed by atoms with Crippen molar-refractivity contribution in [2.45, 2.75) is 146 Å². The molecule has 0 radical (unpaired) electrons. The zero-order valence-corrected chi connectivity index (χ0v) is 42.8. The van der Waals surface area contributed by atoms with Gasteiger partial charge in [-0.15, -0.1) is 0 Å². The molecular formula is C55H74MgN4O5+2. The predicted octanol–water partition coefficient (Wildman–Crippen LogP) is 12.6. The number of ether oxygens (including phenoxy) is 2. The van der Waals surface area contributed by atoms with E-state index in [1.54, 1.807) is 0 Å². The Kier molecular flexibility index (Phi) is 18.3. The van der Waals surface area contributed by atoms with Crippen LogP contribution in [0.15, 0.2) is 131 Å². The Bertz CT molecular complexity index is 2300. The Hall–Kier alpha value is -4.28. The summed E-state index contributed by atoms with van der Waals surface area (Å²) >= 11 is 0. The first-order valence-corrected chi connectivity index (χ1v) is 24.1. The molecule has 6 rings (SSSR count). The summed E-state index contributed by atoms with van der Waals surface area (Å²) in [6.45, 7) is 26.2. The number of hydrogen-bond donors (Lipinski definition) is 2. The van der Waals surface area contributed by atoms with E-state index in [2.05, 4.69) is 73.4 Å². The number of aliphatic hydroxyl groups excluding tert-OH is 1. The maximum Gasteiger partial charge on any atom is 2.00 e. The molecule has 344 valence electrons. The second-order valence-corrected chi connectivity index (χ2v) is 19.5. The second-order valence-electron chi connectivity index (χ2n) is 19.5. The van der Waals surface area contributed by atoms with Gasteiger partial charge in [0.1, 0.15) is 18.3 Å². The molecule has 1 fully saturated rings. The molecular weight excluding hydrogens is 821 g/mol. The molecule has 0 aromatic heterocycles. The van der Waals surface area contributed by atoms with Gasteiger partial charge in [-0.1, -0.05) is 105 Å². The average Bonchev–Trinajstić information content (AvgIpc) is 3.99. The zero-order valence-electron chi connectivity index (χ0n) is 41.4. The molecule has 0 aromatic carbocycles. The average molecular weight is 896 g/mol. The van der Waals surface area contributed by atoms with Crippen LogP contribution < -0.4 is 5.32 Å². The smallest absolute Gasteiger partial charge is 0.510 e. The summed E-state index contributed by atoms with van der Waals surface area (Å²) in [5.74, 6) is -0.0182. The zero-order chi connectivity index (χ0) is 46.4. The fraction of sp³-hybridized carbons (Fsp3) is 0.545. The Morgan fingerprint density at radius 2 is 1.52 bits per heavy atom. The van der Waals surface area contributed by atoms with Gasteiger partial charge in [0.25, 0.3) is 0 Å². The van der Waals surface area contributed by atoms with Gasteiger partial charge in [-0.3, -0.25) is 9.59 Å². The van der Waals surface area contributed by atoms with Crippen LogP contribution in [0.5, 0.6) is 0 Å². The van der Waals surface area contributed by atoms with Crippen LogP contribution in [0.25, 0.3) is 0 Å². The Morgan fingerprint density at radius 1 is 0.877 bits per heavy atom. The first-order chi connectivity index (χ1) is 30.6. The SMILES string of the molecule is C=CC1=C(C)C2=NC1=CC1=NC(=CC3=C(C)C4=C(O)C(C(=O)OC)C(=C5NC(=C2)C(C)C5CCC(=O)OCC=C(C)CCCC(C)CCCC(C)CCCC(C)C)C4=N3)C(CC)=C1C.[Mg+2]. The van der Waals surface area contributed by atoms with Crippen molar-refractivity contribution in [1.29, 1.82) is 0 Å². The van der Waals surface area contributed by atoms with Crippen LogP contribution in [0, 0.1) is 35.5 Å². The minimum Gasteiger partial charge on any atom is -0.510 e. The van der Waals surface area contributed by atoms with Crippen molar-refractivity contribution in [3.63, 3.8) is 0 Å². The molecule has 5 atom stereocenters. The van der Waals surface area contributed by atoms with Gasteiger partial charge in [0.15, 0.2) is 0 Å². The monoisotopic (exact) mass is 895 g/mol. The van der Waals surface area contributed by atoms with Gasteiger partial charge in [0.2, 0.25) is 0 Å². The number of aliphatic imine (C=N–C) groups is 3. The van der Waals surface area contributed by atoms with E-state index >= 15 is 0 Å². The molecule has 0 aromatic rings. The number of nitrogens with zero attached hydrogens (tertiary/aromatic N) is 3. The van der Waals surface area contributed by atoms with E-state index in [4.69, 9.17) is 24.5 Å². The molecule has 0 amide bonds. The molecule has 65 heavy (non-hydrogen) atoms. The van der Waals surface area contributed by atoms with E-state index in [1.165, 1.54) is 57.6 Å². The minimum absolute atomic E-state index is 0. The third kappa shape index (κ3) is 11.6. The third-order valence-electron chi connectivity index (χ3n) is 14.3. The van der Waals surface area contributed by atoms with Crippen molar-refractivity contribution in [2.24, 2.45) is 50.5 Å². The summed E-state index contributed by atoms with van der Waals surface area (Å²) in [5, 5.41) is 15.6. The van der Waals surface area contributed by atoms with E-state index in [-0.39, 0.29) is 59.6 Å². The summed E-state index contributed by atoms with van der Waals surface area (Å²) in [5.41, 5.74) is 13.3. The largest absolute Gasteiger partial charge is 2.00 e. The maximum atomic E-state index is 13.6. The maximum absolute atomic E-state index is 13.6. The molecule has 8 bridgehead atoms. The van der Waals surface area contributed by atoms with E-state index < -0.39 is 11.9 Å². The number of methoxy groups -OCH3 is 1. The van der Waals surface area contributed by atoms with Crippen LogP contribution in [0.4, 0.5) is 0 Å². The molecule has 0 spiro atoms. The van der Waals surface area contributed by atoms with Gasteiger partial charge in [-0.05, 0) is 118 Å². The minimum atomic E-state index is -1.08. The summed E-state index contributed by atoms with van der Waals surface area (Å²) in [4.78, 5) is 42.4. The molecule has 5 unspecified atom stereocenters. The molecule has 5 heterocycles. The molecule has 1 aliphatic carbocycles. The van der Waals surface area contributed by atoms with Gasteiger partial charge >= 0.3 is 35.0 Å². The first kappa shape index (κ1) is 51.7. The summed E-state index contributed by atoms with van der Waals surface area (Å²) in [7, 11) is 1.33. The number of nitrogens with one attached hydrogen (secondary N) is 1. The number of aliphatic hydroxyl groups is 1. The van der Waals surface area contributed by atoms with Crippen molar-refractivity contribution in [1.82, 2.24) is 5.32 Å². The number of carbonyl (C=O) groups excluding carboxylic acids is 2. The molecule has 5 aliphatic heterocycles. The van der Waals surface area contributed by atoms with Crippen molar-refractivity contribution in [3.05, 3.63) is 116 Å². The number of allylic oxidation sites excluding steroid dienone is 12. The first-order valence-electron chi connectivity index (χ1n) is 24.1. The summed E-state index contributed by atoms with van der Waals surface area (Å²) in [6, 6.07) is 0. The molecule has 1 saturated heterocycles. The molecule has 9 nitrogen and oxygen atoms in total. The summed E-state index contributed by atoms with van der Waals surface area (Å²) < 4.78 is 11.1. The van der Waals surface area contributed by atoms with Crippen LogP contribution in [0.1, 0.15) is 146 Å². The van der Waals surface area contributed by atoms with Crippen LogP contribution in [0.2, 0.25) is 0 Å². The number of hydrogen-bond acceptors (Lipinski definition) is 9. The number of fused-ring (bicyclic) bond motifs is 5. The van der Waals surface area contributed by atoms with Crippen molar-refractivity contribution < 1.29 is 24.2 Å². The molecule has 2 N–H and O–H groups in total. The molecule has 10 heteroatoms. The van der Waals surface area contributed by atoms with E-state index in [9.17, 15) is 14.7 Å². The quantitative estimate of drug-likeness (QED) is 0.0713. The van der Waals surface area contributed by atoms with Crippen molar-refractivity contribution in [2.75, 3.05) is 13.7 Å². The number of carbonyl (C=O) groups is 2. The van der Waals surface area contributed by atoms with Gasteiger partial charge in [-0.25, -0.2) is 15.0 Å². The predicted molar refractivity (Wildman–Crippen MR) is 268 cm³/mol. The van der Waals surface area contributed by atoms with Crippen molar-refractivity contribution in [3.8, 4) is 0 Å². The third-order valence-corrected chi connectivity index (χ3v) is 14.3. The molecule has 0 saturated carbocycles. The van der Waals surface area contributed by atoms with Gasteiger partial charge < -0.3 is 19.9 Å². The van der Waals surface area contributed by atoms with E-state index in [0.717, 1.165) is 99.1 Å². The normalized spacial score (nSPS) is 22.4. The second kappa shape index (κ2) is 22.9. The van der Waals surface area contributed by atoms with Gasteiger partial charge in [0.05, 0.1) is 41.3 Å². The Morgan fingerprint density at radius 3 is 2.17 bits per heavy atom. The number of rotatable bonds is 20. The fourth-order valence-electron chi connectivity index (χ4n) is 10.2. The summed E-state index contributed by atoms with van der Waals surface area (Å²) in [6.07, 6.45) is 22.7. The topological polar surface area (TPSA) is 122 Å². The van der Waals surface area contributed by atoms with E-state index in [0.29, 0.717) is 29.0 Å². The fourth-order valence-corrected chi connectivity index (χ4v) is 10.2. The number of esters is 2. The van der Waals surface area contributed by atoms with Crippen LogP contribution in [0.3, 0.4) is 0 Å². The van der Waals surface area contributed by atoms with Crippen LogP contribution in [-0.4, -0.2) is 70.9 Å². The van der Waals surface area contributed by atoms with Gasteiger partial charge in [0, 0.05) is 46.4 Å². The standard InChI is InChI=1S/C55H74N4O5.Mg/c1-13-39-35(8)42-28-44-37(10)41(24-25-48(60)64-27-26-34(7)23-17-22-33(6)21-16-20-32(5)19-15-18-31(3)4)52(58-44)50-51(55(62)63-12)54(61)49-38(11)45(59-53(49)50)30-47-40(14-2)36(9)43(57-47)29-46(39)56-42;/h13,26,28-33,37,41,51,58,61H,1,14-25,27H2,2-12H3;/q;+2. The Balaban J connectivity index is 0.00000793. The van der Waals surface area contributed by atoms with Crippen molar-refractivity contribution >= 4 is 52.1 Å². The Labute approximate surface area is 405 Å². The van der Waals surface area contributed by atoms with Crippen LogP contribution >= 0.6 is 0 Å². The van der Waals surface area contributed by atoms with Gasteiger partial charge in [-0.2, -0.15) is 0 Å².